The van der Waals surface area contributed by atoms with Crippen LogP contribution in [0.3, 0.4) is 0 Å². The molecule has 0 saturated heterocycles. The van der Waals surface area contributed by atoms with Crippen molar-refractivity contribution in [2.24, 2.45) is 0 Å². The molecule has 8 heteroatoms. The van der Waals surface area contributed by atoms with Gasteiger partial charge in [-0.05, 0) is 207 Å². The average molecular weight is 1390 g/mol. The molecule has 1 aliphatic carbocycles. The van der Waals surface area contributed by atoms with Crippen LogP contribution in [0.25, 0.3) is 120 Å². The van der Waals surface area contributed by atoms with Crippen LogP contribution in [0.15, 0.2) is 282 Å². The van der Waals surface area contributed by atoms with Crippen LogP contribution in [-0.4, -0.2) is 6.71 Å². The van der Waals surface area contributed by atoms with Crippen LogP contribution < -0.4 is 31.1 Å². The Morgan fingerprint density at radius 1 is 0.448 bits per heavy atom. The van der Waals surface area contributed by atoms with Gasteiger partial charge in [-0.3, -0.25) is 0 Å². The molecule has 506 valence electrons. The number of rotatable bonds is 10. The minimum atomic E-state index is -0.238. The second kappa shape index (κ2) is 23.6. The van der Waals surface area contributed by atoms with E-state index in [0.29, 0.717) is 0 Å². The molecular weight excluding hydrogens is 1310 g/mol. The highest BCUT2D eigenvalue weighted by Crippen LogP contribution is 2.57. The van der Waals surface area contributed by atoms with Crippen molar-refractivity contribution in [2.45, 2.75) is 84.5 Å². The van der Waals surface area contributed by atoms with Crippen molar-refractivity contribution in [1.82, 2.24) is 0 Å². The second-order valence-corrected chi connectivity index (χ2v) is 33.4. The largest absolute Gasteiger partial charge is 0.456 e. The molecule has 0 unspecified atom stereocenters. The molecule has 0 radical (unpaired) electrons. The Morgan fingerprint density at radius 2 is 1.07 bits per heavy atom. The summed E-state index contributed by atoms with van der Waals surface area (Å²) in [6.45, 7) is 23.2. The van der Waals surface area contributed by atoms with Crippen molar-refractivity contribution in [3.63, 3.8) is 0 Å². The average Bonchev–Trinajstić information content (AvgIpc) is 1.48. The molecule has 2 aliphatic heterocycles. The number of thiophene rings is 2. The maximum Gasteiger partial charge on any atom is 0.252 e. The summed E-state index contributed by atoms with van der Waals surface area (Å²) in [4.78, 5) is 9.04. The smallest absolute Gasteiger partial charge is 0.252 e. The minimum Gasteiger partial charge on any atom is -0.456 e. The molecule has 0 N–H and O–H groups in total. The molecule has 4 aromatic heterocycles. The standard InChI is InChI=1S/C97H76BN3O2S2/c1-10-26-84-66(11-2)89-85(104-84)47-48-86-90(89)69-43-39-59(54-87(69)105-86)61-52-79-93-80(53-61)101(76-36-25-35-72-92(76)97(8,9)50-49-96(72,6)7)78-56-65(99(63-29-17-13-18-30-63)64-31-19-14-20-32-64)42-45-74(78)98(93)73-44-40-60(51-77(73)100(79)75-46-41-62(95(3,4)5)55-70(75)58-27-15-12-16-28-58)71-57-83-88(67-33-21-23-37-81(67)102-83)91-68-34-22-24-38-82(68)103-94(71)91/h10-48,51-57H,2,49-50H2,1,3-9H3/b26-10-. The van der Waals surface area contributed by atoms with E-state index in [4.69, 9.17) is 8.83 Å². The number of nitrogens with zero attached hydrogens (tertiary/aromatic N) is 3. The highest BCUT2D eigenvalue weighted by molar-refractivity contribution is 7.26. The number of furan rings is 2. The fourth-order valence-corrected chi connectivity index (χ4v) is 20.3. The maximum atomic E-state index is 7.21. The maximum absolute atomic E-state index is 7.21. The normalized spacial score (nSPS) is 14.5. The number of allylic oxidation sites excluding steroid dienone is 1. The van der Waals surface area contributed by atoms with E-state index in [1.54, 1.807) is 0 Å². The second-order valence-electron chi connectivity index (χ2n) is 31.3. The Labute approximate surface area is 620 Å². The van der Waals surface area contributed by atoms with Gasteiger partial charge in [-0.1, -0.05) is 219 Å². The lowest BCUT2D eigenvalue weighted by molar-refractivity contribution is 0.332. The van der Waals surface area contributed by atoms with Crippen molar-refractivity contribution < 1.29 is 8.83 Å². The number of para-hydroxylation sites is 4. The summed E-state index contributed by atoms with van der Waals surface area (Å²) in [6, 6.07) is 98.2. The van der Waals surface area contributed by atoms with Gasteiger partial charge in [0.25, 0.3) is 6.71 Å². The first-order valence-corrected chi connectivity index (χ1v) is 38.5. The number of fused-ring (bicyclic) bond motifs is 17. The first-order valence-electron chi connectivity index (χ1n) is 36.8. The predicted octanol–water partition coefficient (Wildman–Crippen LogP) is 26.9. The summed E-state index contributed by atoms with van der Waals surface area (Å²) in [6.07, 6.45) is 8.58. The van der Waals surface area contributed by atoms with Gasteiger partial charge in [0.15, 0.2) is 0 Å². The Morgan fingerprint density at radius 3 is 1.77 bits per heavy atom. The molecule has 6 heterocycles. The molecule has 0 spiro atoms. The van der Waals surface area contributed by atoms with Crippen LogP contribution in [0, 0.1) is 0 Å². The highest BCUT2D eigenvalue weighted by atomic mass is 32.1. The number of hydrogen-bond donors (Lipinski definition) is 0. The van der Waals surface area contributed by atoms with Gasteiger partial charge < -0.3 is 23.5 Å². The molecular formula is C97H76BN3O2S2. The first-order chi connectivity index (χ1) is 51.1. The van der Waals surface area contributed by atoms with Crippen molar-refractivity contribution in [2.75, 3.05) is 14.7 Å². The van der Waals surface area contributed by atoms with Crippen molar-refractivity contribution >= 4 is 183 Å². The Hall–Kier alpha value is -11.4. The van der Waals surface area contributed by atoms with Gasteiger partial charge >= 0.3 is 0 Å². The zero-order valence-corrected chi connectivity index (χ0v) is 61.9. The van der Waals surface area contributed by atoms with E-state index >= 15 is 0 Å². The molecule has 17 aromatic rings. The van der Waals surface area contributed by atoms with Gasteiger partial charge in [-0.2, -0.15) is 0 Å². The fraction of sp³-hybridized carbons (Fsp3) is 0.134. The Kier molecular flexibility index (Phi) is 14.2. The molecule has 20 rings (SSSR count). The van der Waals surface area contributed by atoms with Crippen LogP contribution >= 0.6 is 22.7 Å². The molecule has 0 atom stereocenters. The third-order valence-electron chi connectivity index (χ3n) is 23.1. The molecule has 0 saturated carbocycles. The Bertz CT molecular complexity index is 6480. The van der Waals surface area contributed by atoms with Crippen molar-refractivity contribution in [3.05, 3.63) is 301 Å². The molecule has 0 amide bonds. The lowest BCUT2D eigenvalue weighted by Crippen LogP contribution is -2.61. The number of hydrogen-bond acceptors (Lipinski definition) is 7. The monoisotopic (exact) mass is 1390 g/mol. The van der Waals surface area contributed by atoms with Gasteiger partial charge in [-0.25, -0.2) is 0 Å². The summed E-state index contributed by atoms with van der Waals surface area (Å²) in [5.74, 6) is 0. The molecule has 13 aromatic carbocycles. The summed E-state index contributed by atoms with van der Waals surface area (Å²) >= 11 is 3.73. The van der Waals surface area contributed by atoms with E-state index in [2.05, 4.69) is 356 Å². The van der Waals surface area contributed by atoms with E-state index in [-0.39, 0.29) is 23.0 Å². The third kappa shape index (κ3) is 9.72. The quantitative estimate of drug-likeness (QED) is 0.128. The topological polar surface area (TPSA) is 36.0 Å². The van der Waals surface area contributed by atoms with Crippen molar-refractivity contribution in [3.8, 4) is 33.4 Å². The summed E-state index contributed by atoms with van der Waals surface area (Å²) in [7, 11) is 0. The lowest BCUT2D eigenvalue weighted by Gasteiger charge is -2.48. The van der Waals surface area contributed by atoms with Crippen LogP contribution in [0.5, 0.6) is 0 Å². The molecule has 105 heavy (non-hydrogen) atoms. The van der Waals surface area contributed by atoms with E-state index < -0.39 is 0 Å². The third-order valence-corrected chi connectivity index (χ3v) is 25.4. The van der Waals surface area contributed by atoms with E-state index in [1.165, 1.54) is 79.5 Å². The molecule has 0 fully saturated rings. The molecule has 5 nitrogen and oxygen atoms in total. The summed E-state index contributed by atoms with van der Waals surface area (Å²) in [5, 5.41) is 8.10. The van der Waals surface area contributed by atoms with Gasteiger partial charge in [0, 0.05) is 113 Å². The molecule has 3 aliphatic rings. The number of benzene rings is 13. The van der Waals surface area contributed by atoms with Crippen LogP contribution in [-0.2, 0) is 16.2 Å². The van der Waals surface area contributed by atoms with Crippen LogP contribution in [0.2, 0.25) is 0 Å². The fourth-order valence-electron chi connectivity index (χ4n) is 18.0. The lowest BCUT2D eigenvalue weighted by atomic mass is 9.33. The zero-order valence-electron chi connectivity index (χ0n) is 60.2. The van der Waals surface area contributed by atoms with E-state index in [0.717, 1.165) is 136 Å². The van der Waals surface area contributed by atoms with Crippen LogP contribution in [0.4, 0.5) is 51.2 Å². The van der Waals surface area contributed by atoms with Gasteiger partial charge in [0.05, 0.1) is 11.4 Å². The number of anilines is 9. The van der Waals surface area contributed by atoms with Gasteiger partial charge in [0.1, 0.15) is 22.3 Å². The highest BCUT2D eigenvalue weighted by Gasteiger charge is 2.47. The minimum absolute atomic E-state index is 0.0685. The zero-order chi connectivity index (χ0) is 70.9. The molecule has 0 bridgehead atoms. The Balaban J connectivity index is 0.929. The SMILES string of the molecule is C=Cc1c(/C=C\C)sc2ccc3sc4cc(-c5cc6c7c(c5)N(c5cccc8c5C(C)(C)CCC8(C)C)c5cc(N(c8ccccc8)c8ccccc8)ccc5B7c5ccc(-c7cc8oc9ccccc9c8c8c7oc7ccccc78)cc5N6c5ccc(C(C)(C)C)cc5-c5ccccc5)ccc4c3c12. The predicted molar refractivity (Wildman–Crippen MR) is 453 cm³/mol. The van der Waals surface area contributed by atoms with Crippen LogP contribution in [0.1, 0.15) is 95.4 Å². The summed E-state index contributed by atoms with van der Waals surface area (Å²) in [5.41, 5.74) is 28.6. The van der Waals surface area contributed by atoms with Gasteiger partial charge in [0.2, 0.25) is 0 Å². The van der Waals surface area contributed by atoms with Gasteiger partial charge in [-0.15, -0.1) is 22.7 Å². The van der Waals surface area contributed by atoms with Crippen molar-refractivity contribution in [1.29, 1.82) is 0 Å². The van der Waals surface area contributed by atoms with E-state index in [9.17, 15) is 0 Å². The first kappa shape index (κ1) is 63.3. The summed E-state index contributed by atoms with van der Waals surface area (Å²) < 4.78 is 18.0. The van der Waals surface area contributed by atoms with E-state index in [1.807, 2.05) is 22.7 Å².